The predicted molar refractivity (Wildman–Crippen MR) is 133 cm³/mol. The number of nitrogen functional groups attached to an aromatic ring is 1. The molecule has 3 heterocycles. The van der Waals surface area contributed by atoms with Crippen molar-refractivity contribution >= 4 is 28.1 Å². The van der Waals surface area contributed by atoms with Crippen molar-refractivity contribution in [2.45, 2.75) is 25.3 Å². The lowest BCUT2D eigenvalue weighted by Crippen LogP contribution is -2.43. The molecular formula is C27H25F2N5O. The van der Waals surface area contributed by atoms with E-state index in [1.165, 1.54) is 18.2 Å². The molecule has 4 N–H and O–H groups in total. The first-order valence-corrected chi connectivity index (χ1v) is 11.5. The van der Waals surface area contributed by atoms with E-state index < -0.39 is 11.6 Å². The third-order valence-electron chi connectivity index (χ3n) is 6.39. The van der Waals surface area contributed by atoms with Gasteiger partial charge in [0.15, 0.2) is 5.78 Å². The van der Waals surface area contributed by atoms with Crippen LogP contribution < -0.4 is 16.4 Å². The lowest BCUT2D eigenvalue weighted by molar-refractivity contribution is 0.0989. The van der Waals surface area contributed by atoms with Gasteiger partial charge in [0.05, 0.1) is 16.8 Å². The monoisotopic (exact) mass is 473 g/mol. The Morgan fingerprint density at radius 3 is 2.69 bits per heavy atom. The summed E-state index contributed by atoms with van der Waals surface area (Å²) in [4.78, 5) is 24.2. The normalized spacial score (nSPS) is 16.0. The van der Waals surface area contributed by atoms with Crippen LogP contribution in [0.1, 0.15) is 28.9 Å². The standard InChI is InChI=1S/C27H25F2N5O/c28-20-4-1-5-21(29)26(20)17-7-6-16-11-22(31)27(33-23(16)12-17)25(35)13-18-14-32-9-8-24(18)34-10-2-3-19(30)15-34/h1,4-9,11-12,14,19H,2-3,10,13,15,30-31H2/t19-/m0/s1. The van der Waals surface area contributed by atoms with Crippen LogP contribution in [0.15, 0.2) is 60.9 Å². The van der Waals surface area contributed by atoms with Gasteiger partial charge in [-0.1, -0.05) is 18.2 Å². The van der Waals surface area contributed by atoms with Crippen molar-refractivity contribution in [1.29, 1.82) is 0 Å². The van der Waals surface area contributed by atoms with Crippen molar-refractivity contribution in [3.05, 3.63) is 83.8 Å². The molecule has 0 bridgehead atoms. The molecule has 4 aromatic rings. The Morgan fingerprint density at radius 1 is 1.11 bits per heavy atom. The molecule has 2 aromatic heterocycles. The van der Waals surface area contributed by atoms with Crippen LogP contribution in [0.5, 0.6) is 0 Å². The van der Waals surface area contributed by atoms with Gasteiger partial charge in [0.1, 0.15) is 17.3 Å². The number of anilines is 2. The maximum atomic E-state index is 14.3. The number of ketones is 1. The number of benzene rings is 2. The molecule has 1 aliphatic rings. The SMILES string of the molecule is Nc1cc2ccc(-c3c(F)cccc3F)cc2nc1C(=O)Cc1cnccc1N1CCC[C@H](N)C1. The van der Waals surface area contributed by atoms with Gasteiger partial charge in [0.25, 0.3) is 0 Å². The minimum absolute atomic E-state index is 0.0687. The largest absolute Gasteiger partial charge is 0.397 e. The second-order valence-corrected chi connectivity index (χ2v) is 8.88. The molecule has 1 atom stereocenters. The average molecular weight is 474 g/mol. The third kappa shape index (κ3) is 4.57. The summed E-state index contributed by atoms with van der Waals surface area (Å²) in [5, 5.41) is 0.670. The van der Waals surface area contributed by atoms with Crippen LogP contribution in [0.4, 0.5) is 20.2 Å². The minimum Gasteiger partial charge on any atom is -0.397 e. The van der Waals surface area contributed by atoms with Gasteiger partial charge in [0.2, 0.25) is 0 Å². The van der Waals surface area contributed by atoms with Gasteiger partial charge in [-0.25, -0.2) is 13.8 Å². The van der Waals surface area contributed by atoms with Crippen LogP contribution in [0, 0.1) is 11.6 Å². The lowest BCUT2D eigenvalue weighted by Gasteiger charge is -2.33. The number of nitrogens with zero attached hydrogens (tertiary/aromatic N) is 3. The Hall–Kier alpha value is -3.91. The molecule has 6 nitrogen and oxygen atoms in total. The van der Waals surface area contributed by atoms with Gasteiger partial charge < -0.3 is 16.4 Å². The zero-order valence-electron chi connectivity index (χ0n) is 19.0. The highest BCUT2D eigenvalue weighted by molar-refractivity contribution is 6.03. The molecule has 8 heteroatoms. The summed E-state index contributed by atoms with van der Waals surface area (Å²) < 4.78 is 28.6. The van der Waals surface area contributed by atoms with Crippen LogP contribution in [0.25, 0.3) is 22.0 Å². The third-order valence-corrected chi connectivity index (χ3v) is 6.39. The second-order valence-electron chi connectivity index (χ2n) is 8.88. The van der Waals surface area contributed by atoms with Crippen molar-refractivity contribution < 1.29 is 13.6 Å². The van der Waals surface area contributed by atoms with E-state index in [1.807, 2.05) is 6.07 Å². The summed E-state index contributed by atoms with van der Waals surface area (Å²) in [7, 11) is 0. The number of aromatic nitrogens is 2. The molecule has 5 rings (SSSR count). The van der Waals surface area contributed by atoms with Crippen LogP contribution in [0.3, 0.4) is 0 Å². The highest BCUT2D eigenvalue weighted by atomic mass is 19.1. The van der Waals surface area contributed by atoms with E-state index in [2.05, 4.69) is 14.9 Å². The number of fused-ring (bicyclic) bond motifs is 1. The molecule has 0 radical (unpaired) electrons. The second kappa shape index (κ2) is 9.38. The van der Waals surface area contributed by atoms with E-state index in [1.54, 1.807) is 36.7 Å². The van der Waals surface area contributed by atoms with Crippen molar-refractivity contribution in [2.24, 2.45) is 5.73 Å². The van der Waals surface area contributed by atoms with Crippen molar-refractivity contribution in [2.75, 3.05) is 23.7 Å². The van der Waals surface area contributed by atoms with Crippen LogP contribution in [0.2, 0.25) is 0 Å². The number of nitrogens with two attached hydrogens (primary N) is 2. The molecule has 0 saturated carbocycles. The number of hydrogen-bond donors (Lipinski definition) is 2. The zero-order chi connectivity index (χ0) is 24.5. The molecule has 0 amide bonds. The summed E-state index contributed by atoms with van der Waals surface area (Å²) in [5.41, 5.74) is 15.0. The molecule has 1 fully saturated rings. The summed E-state index contributed by atoms with van der Waals surface area (Å²) in [6.45, 7) is 1.58. The molecular weight excluding hydrogens is 448 g/mol. The van der Waals surface area contributed by atoms with E-state index in [0.717, 1.165) is 37.2 Å². The lowest BCUT2D eigenvalue weighted by atomic mass is 10.00. The fraction of sp³-hybridized carbons (Fsp3) is 0.222. The number of Topliss-reactive ketones (excluding diaryl/α,β-unsaturated/α-hetero) is 1. The minimum atomic E-state index is -0.669. The Kier molecular flexibility index (Phi) is 6.13. The number of carbonyl (C=O) groups is 1. The first-order chi connectivity index (χ1) is 16.9. The predicted octanol–water partition coefficient (Wildman–Crippen LogP) is 4.51. The van der Waals surface area contributed by atoms with Crippen molar-refractivity contribution in [3.8, 4) is 11.1 Å². The quantitative estimate of drug-likeness (QED) is 0.414. The maximum Gasteiger partial charge on any atom is 0.187 e. The fourth-order valence-electron chi connectivity index (χ4n) is 4.69. The Morgan fingerprint density at radius 2 is 1.91 bits per heavy atom. The van der Waals surface area contributed by atoms with E-state index >= 15 is 0 Å². The number of halogens is 2. The Labute approximate surface area is 201 Å². The van der Waals surface area contributed by atoms with Crippen LogP contribution >= 0.6 is 0 Å². The summed E-state index contributed by atoms with van der Waals surface area (Å²) >= 11 is 0. The van der Waals surface area contributed by atoms with Gasteiger partial charge in [-0.3, -0.25) is 9.78 Å². The number of piperidine rings is 1. The summed E-state index contributed by atoms with van der Waals surface area (Å²) in [6, 6.07) is 12.2. The van der Waals surface area contributed by atoms with Gasteiger partial charge >= 0.3 is 0 Å². The van der Waals surface area contributed by atoms with Crippen molar-refractivity contribution in [1.82, 2.24) is 9.97 Å². The van der Waals surface area contributed by atoms with E-state index in [0.29, 0.717) is 16.5 Å². The molecule has 0 aliphatic carbocycles. The highest BCUT2D eigenvalue weighted by Gasteiger charge is 2.22. The average Bonchev–Trinajstić information content (AvgIpc) is 2.84. The first kappa shape index (κ1) is 22.9. The van der Waals surface area contributed by atoms with Crippen molar-refractivity contribution in [3.63, 3.8) is 0 Å². The molecule has 2 aromatic carbocycles. The van der Waals surface area contributed by atoms with E-state index in [9.17, 15) is 13.6 Å². The summed E-state index contributed by atoms with van der Waals surface area (Å²) in [5.74, 6) is -1.60. The Balaban J connectivity index is 1.48. The van der Waals surface area contributed by atoms with Gasteiger partial charge in [-0.15, -0.1) is 0 Å². The van der Waals surface area contributed by atoms with Gasteiger partial charge in [-0.2, -0.15) is 0 Å². The van der Waals surface area contributed by atoms with E-state index in [-0.39, 0.29) is 35.2 Å². The fourth-order valence-corrected chi connectivity index (χ4v) is 4.69. The summed E-state index contributed by atoms with van der Waals surface area (Å²) in [6.07, 6.45) is 5.42. The molecule has 0 unspecified atom stereocenters. The molecule has 0 spiro atoms. The number of pyridine rings is 2. The molecule has 1 saturated heterocycles. The zero-order valence-corrected chi connectivity index (χ0v) is 19.0. The maximum absolute atomic E-state index is 14.3. The molecule has 178 valence electrons. The first-order valence-electron chi connectivity index (χ1n) is 11.5. The number of hydrogen-bond acceptors (Lipinski definition) is 6. The number of rotatable bonds is 5. The van der Waals surface area contributed by atoms with Crippen LogP contribution in [-0.4, -0.2) is 34.9 Å². The topological polar surface area (TPSA) is 98.1 Å². The van der Waals surface area contributed by atoms with E-state index in [4.69, 9.17) is 11.5 Å². The number of carbonyl (C=O) groups excluding carboxylic acids is 1. The van der Waals surface area contributed by atoms with Gasteiger partial charge in [-0.05, 0) is 48.7 Å². The van der Waals surface area contributed by atoms with Crippen LogP contribution in [-0.2, 0) is 6.42 Å². The van der Waals surface area contributed by atoms with Gasteiger partial charge in [0, 0.05) is 54.6 Å². The molecule has 35 heavy (non-hydrogen) atoms. The highest BCUT2D eigenvalue weighted by Crippen LogP contribution is 2.30. The Bertz CT molecular complexity index is 1400. The molecule has 1 aliphatic heterocycles. The smallest absolute Gasteiger partial charge is 0.187 e.